The van der Waals surface area contributed by atoms with Crippen molar-refractivity contribution in [2.24, 2.45) is 10.7 Å². The fourth-order valence-electron chi connectivity index (χ4n) is 1.54. The largest absolute Gasteiger partial charge is 0.483 e. The smallest absolute Gasteiger partial charge is 0.255 e. The highest BCUT2D eigenvalue weighted by Crippen LogP contribution is 2.19. The number of nitrogens with zero attached hydrogens (tertiary/aromatic N) is 1. The minimum atomic E-state index is -0.510. The number of amides is 1. The summed E-state index contributed by atoms with van der Waals surface area (Å²) in [5.41, 5.74) is 6.69. The highest BCUT2D eigenvalue weighted by Gasteiger charge is 2.02. The molecule has 0 saturated heterocycles. The number of nitrogens with two attached hydrogens (primary N) is 1. The molecular formula is C15H13BrN2O2. The van der Waals surface area contributed by atoms with Gasteiger partial charge < -0.3 is 10.5 Å². The molecule has 0 radical (unpaired) electrons. The van der Waals surface area contributed by atoms with Gasteiger partial charge in [0.2, 0.25) is 0 Å². The molecule has 1 amide bonds. The van der Waals surface area contributed by atoms with Gasteiger partial charge in [0.05, 0.1) is 5.69 Å². The minimum absolute atomic E-state index is 0.150. The van der Waals surface area contributed by atoms with Crippen molar-refractivity contribution in [1.82, 2.24) is 0 Å². The zero-order chi connectivity index (χ0) is 14.4. The summed E-state index contributed by atoms with van der Waals surface area (Å²) in [5, 5.41) is 0. The van der Waals surface area contributed by atoms with Crippen LogP contribution >= 0.6 is 15.9 Å². The van der Waals surface area contributed by atoms with Crippen LogP contribution < -0.4 is 10.5 Å². The van der Waals surface area contributed by atoms with Crippen LogP contribution in [0.5, 0.6) is 5.75 Å². The predicted molar refractivity (Wildman–Crippen MR) is 82.5 cm³/mol. The Kier molecular flexibility index (Phi) is 4.90. The lowest BCUT2D eigenvalue weighted by Gasteiger charge is -2.06. The van der Waals surface area contributed by atoms with E-state index in [9.17, 15) is 4.79 Å². The van der Waals surface area contributed by atoms with Gasteiger partial charge in [0, 0.05) is 16.3 Å². The first-order chi connectivity index (χ1) is 9.65. The monoisotopic (exact) mass is 332 g/mol. The molecule has 5 heteroatoms. The number of ether oxygens (including phenoxy) is 1. The molecule has 2 aromatic carbocycles. The number of carbonyl (C=O) groups is 1. The molecule has 4 nitrogen and oxygen atoms in total. The van der Waals surface area contributed by atoms with E-state index in [0.717, 1.165) is 15.7 Å². The molecule has 0 heterocycles. The topological polar surface area (TPSA) is 64.7 Å². The number of aliphatic imine (C=N–C) groups is 1. The third-order valence-corrected chi connectivity index (χ3v) is 3.00. The number of hydrogen-bond acceptors (Lipinski definition) is 3. The summed E-state index contributed by atoms with van der Waals surface area (Å²) >= 11 is 3.37. The lowest BCUT2D eigenvalue weighted by atomic mass is 10.2. The summed E-state index contributed by atoms with van der Waals surface area (Å²) in [6.07, 6.45) is 1.69. The minimum Gasteiger partial charge on any atom is -0.483 e. The van der Waals surface area contributed by atoms with E-state index in [4.69, 9.17) is 10.5 Å². The second-order valence-corrected chi connectivity index (χ2v) is 4.94. The van der Waals surface area contributed by atoms with Crippen LogP contribution in [0.2, 0.25) is 0 Å². The van der Waals surface area contributed by atoms with Crippen LogP contribution in [0, 0.1) is 0 Å². The van der Waals surface area contributed by atoms with E-state index in [1.54, 1.807) is 12.3 Å². The first kappa shape index (κ1) is 14.3. The Morgan fingerprint density at radius 1 is 1.20 bits per heavy atom. The van der Waals surface area contributed by atoms with Crippen molar-refractivity contribution in [3.05, 3.63) is 58.6 Å². The van der Waals surface area contributed by atoms with E-state index >= 15 is 0 Å². The molecule has 0 bridgehead atoms. The molecule has 2 rings (SSSR count). The highest BCUT2D eigenvalue weighted by atomic mass is 79.9. The van der Waals surface area contributed by atoms with Gasteiger partial charge in [-0.15, -0.1) is 0 Å². The first-order valence-corrected chi connectivity index (χ1v) is 6.74. The average Bonchev–Trinajstić information content (AvgIpc) is 2.45. The number of halogens is 1. The molecule has 102 valence electrons. The van der Waals surface area contributed by atoms with Gasteiger partial charge in [-0.3, -0.25) is 9.79 Å². The summed E-state index contributed by atoms with van der Waals surface area (Å²) in [6, 6.07) is 15.0. The quantitative estimate of drug-likeness (QED) is 0.855. The molecule has 2 N–H and O–H groups in total. The average molecular weight is 333 g/mol. The summed E-state index contributed by atoms with van der Waals surface area (Å²) in [4.78, 5) is 15.1. The highest BCUT2D eigenvalue weighted by molar-refractivity contribution is 9.10. The third-order valence-electron chi connectivity index (χ3n) is 2.47. The molecule has 2 aromatic rings. The second-order valence-electron chi connectivity index (χ2n) is 4.03. The molecule has 0 aliphatic heterocycles. The van der Waals surface area contributed by atoms with E-state index in [2.05, 4.69) is 20.9 Å². The van der Waals surface area contributed by atoms with Crippen LogP contribution in [0.1, 0.15) is 5.56 Å². The Labute approximate surface area is 125 Å². The number of hydrogen-bond donors (Lipinski definition) is 1. The maximum atomic E-state index is 10.8. The normalized spacial score (nSPS) is 10.7. The van der Waals surface area contributed by atoms with Crippen molar-refractivity contribution >= 4 is 33.7 Å². The fraction of sp³-hybridized carbons (Fsp3) is 0.0667. The maximum absolute atomic E-state index is 10.8. The Morgan fingerprint density at radius 3 is 2.60 bits per heavy atom. The molecule has 0 spiro atoms. The SMILES string of the molecule is NC(=O)COc1ccccc1C=Nc1ccc(Br)cc1. The van der Waals surface area contributed by atoms with Crippen molar-refractivity contribution in [2.45, 2.75) is 0 Å². The number of carbonyl (C=O) groups excluding carboxylic acids is 1. The third kappa shape index (κ3) is 4.20. The molecule has 0 saturated carbocycles. The van der Waals surface area contributed by atoms with Gasteiger partial charge in [-0.25, -0.2) is 0 Å². The van der Waals surface area contributed by atoms with Crippen LogP contribution in [0.3, 0.4) is 0 Å². The number of rotatable bonds is 5. The zero-order valence-electron chi connectivity index (χ0n) is 10.6. The van der Waals surface area contributed by atoms with Gasteiger partial charge in [-0.1, -0.05) is 28.1 Å². The Hall–Kier alpha value is -2.14. The van der Waals surface area contributed by atoms with Gasteiger partial charge in [0.25, 0.3) is 5.91 Å². The lowest BCUT2D eigenvalue weighted by Crippen LogP contribution is -2.20. The Balaban J connectivity index is 2.16. The Bertz CT molecular complexity index is 624. The fourth-order valence-corrected chi connectivity index (χ4v) is 1.80. The predicted octanol–water partition coefficient (Wildman–Crippen LogP) is 3.06. The summed E-state index contributed by atoms with van der Waals surface area (Å²) < 4.78 is 6.33. The maximum Gasteiger partial charge on any atom is 0.255 e. The van der Waals surface area contributed by atoms with Gasteiger partial charge in [0.1, 0.15) is 5.75 Å². The number of benzene rings is 2. The summed E-state index contributed by atoms with van der Waals surface area (Å²) in [7, 11) is 0. The summed E-state index contributed by atoms with van der Waals surface area (Å²) in [5.74, 6) is 0.0665. The van der Waals surface area contributed by atoms with E-state index in [0.29, 0.717) is 5.75 Å². The molecule has 0 aliphatic carbocycles. The van der Waals surface area contributed by atoms with E-state index < -0.39 is 5.91 Å². The summed E-state index contributed by atoms with van der Waals surface area (Å²) in [6.45, 7) is -0.150. The van der Waals surface area contributed by atoms with E-state index in [1.807, 2.05) is 42.5 Å². The van der Waals surface area contributed by atoms with Crippen LogP contribution in [0.25, 0.3) is 0 Å². The second kappa shape index (κ2) is 6.86. The van der Waals surface area contributed by atoms with Crippen molar-refractivity contribution in [1.29, 1.82) is 0 Å². The van der Waals surface area contributed by atoms with Crippen molar-refractivity contribution in [3.8, 4) is 5.75 Å². The Morgan fingerprint density at radius 2 is 1.90 bits per heavy atom. The molecule has 0 aliphatic rings. The van der Waals surface area contributed by atoms with Crippen LogP contribution in [-0.4, -0.2) is 18.7 Å². The molecule has 0 atom stereocenters. The van der Waals surface area contributed by atoms with Crippen LogP contribution in [-0.2, 0) is 4.79 Å². The molecule has 0 unspecified atom stereocenters. The zero-order valence-corrected chi connectivity index (χ0v) is 12.2. The van der Waals surface area contributed by atoms with E-state index in [1.165, 1.54) is 0 Å². The molecule has 0 aromatic heterocycles. The molecule has 20 heavy (non-hydrogen) atoms. The van der Waals surface area contributed by atoms with Gasteiger partial charge in [-0.05, 0) is 36.4 Å². The molecular weight excluding hydrogens is 320 g/mol. The molecule has 0 fully saturated rings. The van der Waals surface area contributed by atoms with Crippen LogP contribution in [0.15, 0.2) is 58.0 Å². The van der Waals surface area contributed by atoms with Gasteiger partial charge in [-0.2, -0.15) is 0 Å². The van der Waals surface area contributed by atoms with Crippen molar-refractivity contribution in [2.75, 3.05) is 6.61 Å². The van der Waals surface area contributed by atoms with Crippen LogP contribution in [0.4, 0.5) is 5.69 Å². The lowest BCUT2D eigenvalue weighted by molar-refractivity contribution is -0.119. The van der Waals surface area contributed by atoms with Crippen molar-refractivity contribution < 1.29 is 9.53 Å². The van der Waals surface area contributed by atoms with E-state index in [-0.39, 0.29) is 6.61 Å². The van der Waals surface area contributed by atoms with Crippen molar-refractivity contribution in [3.63, 3.8) is 0 Å². The first-order valence-electron chi connectivity index (χ1n) is 5.95. The van der Waals surface area contributed by atoms with Gasteiger partial charge >= 0.3 is 0 Å². The van der Waals surface area contributed by atoms with Gasteiger partial charge in [0.15, 0.2) is 6.61 Å². The standard InChI is InChI=1S/C15H13BrN2O2/c16-12-5-7-13(8-6-12)18-9-11-3-1-2-4-14(11)20-10-15(17)19/h1-9H,10H2,(H2,17,19). The number of para-hydroxylation sites is 1. The number of primary amides is 1.